The summed E-state index contributed by atoms with van der Waals surface area (Å²) in [5.41, 5.74) is 2.25. The third-order valence-corrected chi connectivity index (χ3v) is 4.62. The first-order valence-corrected chi connectivity index (χ1v) is 7.28. The molecule has 0 saturated heterocycles. The number of fused-ring (bicyclic) bond motifs is 2. The number of aromatic nitrogens is 1. The van der Waals surface area contributed by atoms with E-state index in [9.17, 15) is 0 Å². The fourth-order valence-electron chi connectivity index (χ4n) is 2.43. The molecule has 1 aromatic heterocycles. The molecule has 0 saturated carbocycles. The van der Waals surface area contributed by atoms with Crippen LogP contribution >= 0.6 is 11.8 Å². The molecule has 1 aliphatic rings. The third kappa shape index (κ3) is 1.84. The van der Waals surface area contributed by atoms with Crippen LogP contribution in [0.5, 0.6) is 11.5 Å². The van der Waals surface area contributed by atoms with E-state index < -0.39 is 0 Å². The highest BCUT2D eigenvalue weighted by Gasteiger charge is 2.18. The molecule has 0 spiro atoms. The summed E-state index contributed by atoms with van der Waals surface area (Å²) in [7, 11) is 0. The molecule has 4 heteroatoms. The summed E-state index contributed by atoms with van der Waals surface area (Å²) >= 11 is 1.77. The maximum Gasteiger partial charge on any atom is 0.231 e. The Kier molecular flexibility index (Phi) is 2.63. The first-order valence-electron chi connectivity index (χ1n) is 6.46. The second kappa shape index (κ2) is 4.49. The zero-order valence-electron chi connectivity index (χ0n) is 11.0. The number of aryl methyl sites for hydroxylation is 1. The van der Waals surface area contributed by atoms with Gasteiger partial charge in [0.25, 0.3) is 0 Å². The van der Waals surface area contributed by atoms with E-state index in [0.29, 0.717) is 6.79 Å². The summed E-state index contributed by atoms with van der Waals surface area (Å²) in [5, 5.41) is 1.18. The van der Waals surface area contributed by atoms with Crippen LogP contribution in [0.2, 0.25) is 0 Å². The molecule has 0 amide bonds. The van der Waals surface area contributed by atoms with Gasteiger partial charge in [0.1, 0.15) is 0 Å². The van der Waals surface area contributed by atoms with Gasteiger partial charge >= 0.3 is 0 Å². The lowest BCUT2D eigenvalue weighted by Gasteiger charge is -2.02. The molecule has 3 aromatic rings. The van der Waals surface area contributed by atoms with Crippen LogP contribution in [0.1, 0.15) is 5.69 Å². The van der Waals surface area contributed by atoms with E-state index in [2.05, 4.69) is 42.2 Å². The van der Waals surface area contributed by atoms with Crippen LogP contribution in [0.15, 0.2) is 52.3 Å². The van der Waals surface area contributed by atoms with Crippen LogP contribution in [0, 0.1) is 6.92 Å². The maximum absolute atomic E-state index is 5.48. The number of H-pyrrole nitrogens is 1. The molecule has 0 bridgehead atoms. The van der Waals surface area contributed by atoms with E-state index in [1.807, 2.05) is 12.1 Å². The average molecular weight is 283 g/mol. The minimum absolute atomic E-state index is 0.308. The number of benzene rings is 2. The SMILES string of the molecule is Cc1[nH]c2cc3c(cc2c1Sc1ccccc1)OCO3. The molecule has 20 heavy (non-hydrogen) atoms. The summed E-state index contributed by atoms with van der Waals surface area (Å²) in [4.78, 5) is 5.89. The number of hydrogen-bond donors (Lipinski definition) is 1. The van der Waals surface area contributed by atoms with Gasteiger partial charge in [-0.15, -0.1) is 0 Å². The molecule has 2 heterocycles. The molecule has 0 aliphatic carbocycles. The number of ether oxygens (including phenoxy) is 2. The third-order valence-electron chi connectivity index (χ3n) is 3.38. The molecule has 0 unspecified atom stereocenters. The van der Waals surface area contributed by atoms with Crippen molar-refractivity contribution in [2.24, 2.45) is 0 Å². The first kappa shape index (κ1) is 11.7. The molecular formula is C16H13NO2S. The minimum Gasteiger partial charge on any atom is -0.454 e. The van der Waals surface area contributed by atoms with Crippen molar-refractivity contribution in [1.29, 1.82) is 0 Å². The maximum atomic E-state index is 5.48. The van der Waals surface area contributed by atoms with Gasteiger partial charge in [0.05, 0.1) is 5.52 Å². The average Bonchev–Trinajstić information content (AvgIpc) is 3.03. The van der Waals surface area contributed by atoms with Crippen molar-refractivity contribution in [3.63, 3.8) is 0 Å². The van der Waals surface area contributed by atoms with Gasteiger partial charge in [-0.05, 0) is 25.1 Å². The molecule has 4 rings (SSSR count). The summed E-state index contributed by atoms with van der Waals surface area (Å²) in [6.45, 7) is 2.40. The van der Waals surface area contributed by atoms with Crippen LogP contribution in [0.3, 0.4) is 0 Å². The van der Waals surface area contributed by atoms with Crippen molar-refractivity contribution < 1.29 is 9.47 Å². The molecule has 0 atom stereocenters. The first-order chi connectivity index (χ1) is 9.81. The highest BCUT2D eigenvalue weighted by Crippen LogP contribution is 2.42. The predicted molar refractivity (Wildman–Crippen MR) is 79.7 cm³/mol. The van der Waals surface area contributed by atoms with E-state index in [0.717, 1.165) is 22.7 Å². The molecule has 100 valence electrons. The summed E-state index contributed by atoms with van der Waals surface area (Å²) in [6, 6.07) is 14.5. The zero-order valence-corrected chi connectivity index (χ0v) is 11.8. The van der Waals surface area contributed by atoms with Gasteiger partial charge < -0.3 is 14.5 Å². The van der Waals surface area contributed by atoms with Crippen LogP contribution in [-0.4, -0.2) is 11.8 Å². The van der Waals surface area contributed by atoms with Crippen molar-refractivity contribution in [2.75, 3.05) is 6.79 Å². The van der Waals surface area contributed by atoms with Gasteiger partial charge in [-0.25, -0.2) is 0 Å². The van der Waals surface area contributed by atoms with E-state index in [1.54, 1.807) is 11.8 Å². The lowest BCUT2D eigenvalue weighted by Crippen LogP contribution is -1.92. The van der Waals surface area contributed by atoms with Crippen LogP contribution in [0.25, 0.3) is 10.9 Å². The Bertz CT molecular complexity index is 780. The van der Waals surface area contributed by atoms with Gasteiger partial charge in [-0.3, -0.25) is 0 Å². The summed E-state index contributed by atoms with van der Waals surface area (Å²) < 4.78 is 10.9. The van der Waals surface area contributed by atoms with E-state index >= 15 is 0 Å². The Hall–Kier alpha value is -2.07. The number of nitrogens with one attached hydrogen (secondary N) is 1. The predicted octanol–water partition coefficient (Wildman–Crippen LogP) is 4.36. The van der Waals surface area contributed by atoms with Crippen molar-refractivity contribution in [2.45, 2.75) is 16.7 Å². The van der Waals surface area contributed by atoms with Crippen LogP contribution < -0.4 is 9.47 Å². The fraction of sp³-hybridized carbons (Fsp3) is 0.125. The standard InChI is InChI=1S/C16H13NO2S/c1-10-16(20-11-5-3-2-4-6-11)12-7-14-15(19-9-18-14)8-13(12)17-10/h2-8,17H,9H2,1H3. The highest BCUT2D eigenvalue weighted by molar-refractivity contribution is 7.99. The molecule has 2 aromatic carbocycles. The van der Waals surface area contributed by atoms with E-state index in [1.165, 1.54) is 15.2 Å². The Labute approximate surface area is 120 Å². The fourth-order valence-corrected chi connectivity index (χ4v) is 3.44. The molecule has 3 nitrogen and oxygen atoms in total. The van der Waals surface area contributed by atoms with E-state index in [4.69, 9.17) is 9.47 Å². The topological polar surface area (TPSA) is 34.2 Å². The second-order valence-corrected chi connectivity index (χ2v) is 5.83. The van der Waals surface area contributed by atoms with Gasteiger partial charge in [-0.2, -0.15) is 0 Å². The smallest absolute Gasteiger partial charge is 0.231 e. The highest BCUT2D eigenvalue weighted by atomic mass is 32.2. The Morgan fingerprint density at radius 1 is 1.05 bits per heavy atom. The Morgan fingerprint density at radius 2 is 1.80 bits per heavy atom. The summed E-state index contributed by atoms with van der Waals surface area (Å²) in [5.74, 6) is 1.64. The molecule has 1 N–H and O–H groups in total. The molecule has 0 radical (unpaired) electrons. The Morgan fingerprint density at radius 3 is 2.60 bits per heavy atom. The van der Waals surface area contributed by atoms with E-state index in [-0.39, 0.29) is 0 Å². The molecular weight excluding hydrogens is 270 g/mol. The largest absolute Gasteiger partial charge is 0.454 e. The van der Waals surface area contributed by atoms with Gasteiger partial charge in [-0.1, -0.05) is 30.0 Å². The Balaban J connectivity index is 1.84. The van der Waals surface area contributed by atoms with Crippen molar-refractivity contribution in [3.05, 3.63) is 48.2 Å². The quantitative estimate of drug-likeness (QED) is 0.759. The van der Waals surface area contributed by atoms with Gasteiger partial charge in [0.15, 0.2) is 11.5 Å². The zero-order chi connectivity index (χ0) is 13.5. The minimum atomic E-state index is 0.308. The summed E-state index contributed by atoms with van der Waals surface area (Å²) in [6.07, 6.45) is 0. The van der Waals surface area contributed by atoms with Crippen molar-refractivity contribution >= 4 is 22.7 Å². The number of rotatable bonds is 2. The van der Waals surface area contributed by atoms with Crippen molar-refractivity contribution in [1.82, 2.24) is 4.98 Å². The van der Waals surface area contributed by atoms with Crippen LogP contribution in [0.4, 0.5) is 0 Å². The number of aromatic amines is 1. The van der Waals surface area contributed by atoms with Gasteiger partial charge in [0, 0.05) is 26.9 Å². The second-order valence-electron chi connectivity index (χ2n) is 4.75. The molecule has 0 fully saturated rings. The van der Waals surface area contributed by atoms with Crippen molar-refractivity contribution in [3.8, 4) is 11.5 Å². The lowest BCUT2D eigenvalue weighted by atomic mass is 10.2. The lowest BCUT2D eigenvalue weighted by molar-refractivity contribution is 0.174. The molecule has 1 aliphatic heterocycles. The number of hydrogen-bond acceptors (Lipinski definition) is 3. The monoisotopic (exact) mass is 283 g/mol. The normalized spacial score (nSPS) is 13.1. The van der Waals surface area contributed by atoms with Crippen LogP contribution in [-0.2, 0) is 0 Å². The van der Waals surface area contributed by atoms with Gasteiger partial charge in [0.2, 0.25) is 6.79 Å².